The Labute approximate surface area is 115 Å². The maximum atomic E-state index is 13.0. The molecule has 0 fully saturated rings. The van der Waals surface area contributed by atoms with E-state index < -0.39 is 5.82 Å². The molecule has 2 rings (SSSR count). The molecular weight excluding hydrogens is 269 g/mol. The number of hydrogen-bond donors (Lipinski definition) is 1. The molecule has 0 unspecified atom stereocenters. The minimum atomic E-state index is -0.450. The SMILES string of the molecule is COc1ccc(OCc2ccc(F)c(Cl)c2)c(N)c1. The number of ether oxygens (including phenoxy) is 2. The van der Waals surface area contributed by atoms with Crippen molar-refractivity contribution in [2.45, 2.75) is 6.61 Å². The first-order valence-electron chi connectivity index (χ1n) is 5.60. The van der Waals surface area contributed by atoms with Crippen molar-refractivity contribution < 1.29 is 13.9 Å². The van der Waals surface area contributed by atoms with Crippen LogP contribution in [0.1, 0.15) is 5.56 Å². The van der Waals surface area contributed by atoms with E-state index in [4.69, 9.17) is 26.8 Å². The van der Waals surface area contributed by atoms with Gasteiger partial charge in [-0.2, -0.15) is 0 Å². The van der Waals surface area contributed by atoms with E-state index in [0.29, 0.717) is 17.2 Å². The van der Waals surface area contributed by atoms with E-state index in [2.05, 4.69) is 0 Å². The molecule has 0 aromatic heterocycles. The summed E-state index contributed by atoms with van der Waals surface area (Å²) in [6.45, 7) is 0.260. The van der Waals surface area contributed by atoms with Crippen LogP contribution in [0.4, 0.5) is 10.1 Å². The van der Waals surface area contributed by atoms with E-state index in [1.807, 2.05) is 0 Å². The number of nitrogen functional groups attached to an aromatic ring is 1. The number of nitrogens with two attached hydrogens (primary N) is 1. The summed E-state index contributed by atoms with van der Waals surface area (Å²) in [7, 11) is 1.57. The van der Waals surface area contributed by atoms with E-state index in [0.717, 1.165) is 5.56 Å². The third-order valence-electron chi connectivity index (χ3n) is 2.60. The van der Waals surface area contributed by atoms with Crippen molar-refractivity contribution in [3.63, 3.8) is 0 Å². The first-order chi connectivity index (χ1) is 9.10. The predicted octanol–water partition coefficient (Wildman–Crippen LogP) is 3.65. The van der Waals surface area contributed by atoms with Gasteiger partial charge in [0, 0.05) is 6.07 Å². The fraction of sp³-hybridized carbons (Fsp3) is 0.143. The zero-order valence-electron chi connectivity index (χ0n) is 10.3. The van der Waals surface area contributed by atoms with E-state index >= 15 is 0 Å². The average Bonchev–Trinajstić information content (AvgIpc) is 2.41. The Morgan fingerprint density at radius 3 is 2.63 bits per heavy atom. The third kappa shape index (κ3) is 3.29. The van der Waals surface area contributed by atoms with Crippen molar-refractivity contribution >= 4 is 17.3 Å². The summed E-state index contributed by atoms with van der Waals surface area (Å²) in [5, 5.41) is 0.0730. The van der Waals surface area contributed by atoms with Gasteiger partial charge in [0.2, 0.25) is 0 Å². The summed E-state index contributed by atoms with van der Waals surface area (Å²) >= 11 is 5.69. The van der Waals surface area contributed by atoms with Gasteiger partial charge in [0.25, 0.3) is 0 Å². The predicted molar refractivity (Wildman–Crippen MR) is 73.1 cm³/mol. The fourth-order valence-electron chi connectivity index (χ4n) is 1.58. The van der Waals surface area contributed by atoms with Gasteiger partial charge < -0.3 is 15.2 Å². The van der Waals surface area contributed by atoms with Crippen molar-refractivity contribution in [1.82, 2.24) is 0 Å². The number of rotatable bonds is 4. The van der Waals surface area contributed by atoms with Crippen molar-refractivity contribution in [3.05, 3.63) is 52.8 Å². The van der Waals surface area contributed by atoms with Crippen molar-refractivity contribution in [2.24, 2.45) is 0 Å². The fourth-order valence-corrected chi connectivity index (χ4v) is 1.78. The second-order valence-corrected chi connectivity index (χ2v) is 4.35. The highest BCUT2D eigenvalue weighted by atomic mass is 35.5. The summed E-state index contributed by atoms with van der Waals surface area (Å²) in [5.74, 6) is 0.755. The van der Waals surface area contributed by atoms with Crippen LogP contribution in [0.2, 0.25) is 5.02 Å². The molecule has 0 aliphatic rings. The third-order valence-corrected chi connectivity index (χ3v) is 2.88. The molecule has 0 aliphatic heterocycles. The van der Waals surface area contributed by atoms with Crippen LogP contribution < -0.4 is 15.2 Å². The molecule has 0 saturated heterocycles. The largest absolute Gasteiger partial charge is 0.497 e. The van der Waals surface area contributed by atoms with Gasteiger partial charge in [0.1, 0.15) is 23.9 Å². The highest BCUT2D eigenvalue weighted by Crippen LogP contribution is 2.27. The lowest BCUT2D eigenvalue weighted by Gasteiger charge is -2.10. The highest BCUT2D eigenvalue weighted by molar-refractivity contribution is 6.30. The van der Waals surface area contributed by atoms with Crippen LogP contribution in [-0.4, -0.2) is 7.11 Å². The van der Waals surface area contributed by atoms with E-state index in [9.17, 15) is 4.39 Å². The number of halogens is 2. The Hall–Kier alpha value is -1.94. The minimum absolute atomic E-state index is 0.0730. The average molecular weight is 282 g/mol. The first-order valence-corrected chi connectivity index (χ1v) is 5.98. The van der Waals surface area contributed by atoms with Gasteiger partial charge in [0.05, 0.1) is 17.8 Å². The molecular formula is C14H13ClFNO2. The van der Waals surface area contributed by atoms with Crippen molar-refractivity contribution in [3.8, 4) is 11.5 Å². The second kappa shape index (κ2) is 5.80. The van der Waals surface area contributed by atoms with E-state index in [-0.39, 0.29) is 11.6 Å². The molecule has 3 nitrogen and oxygen atoms in total. The van der Waals surface area contributed by atoms with Gasteiger partial charge in [-0.3, -0.25) is 0 Å². The molecule has 0 bridgehead atoms. The molecule has 100 valence electrons. The summed E-state index contributed by atoms with van der Waals surface area (Å²) in [6.07, 6.45) is 0. The maximum absolute atomic E-state index is 13.0. The van der Waals surface area contributed by atoms with Crippen LogP contribution in [0.3, 0.4) is 0 Å². The number of hydrogen-bond acceptors (Lipinski definition) is 3. The molecule has 2 aromatic rings. The smallest absolute Gasteiger partial charge is 0.142 e. The Morgan fingerprint density at radius 1 is 1.21 bits per heavy atom. The molecule has 2 aromatic carbocycles. The van der Waals surface area contributed by atoms with Gasteiger partial charge in [-0.25, -0.2) is 4.39 Å². The monoisotopic (exact) mass is 281 g/mol. The highest BCUT2D eigenvalue weighted by Gasteiger charge is 2.05. The van der Waals surface area contributed by atoms with Crippen LogP contribution in [0.15, 0.2) is 36.4 Å². The number of benzene rings is 2. The lowest BCUT2D eigenvalue weighted by molar-refractivity contribution is 0.307. The Kier molecular flexibility index (Phi) is 4.12. The Morgan fingerprint density at radius 2 is 2.00 bits per heavy atom. The van der Waals surface area contributed by atoms with Gasteiger partial charge in [0.15, 0.2) is 0 Å². The minimum Gasteiger partial charge on any atom is -0.497 e. The summed E-state index contributed by atoms with van der Waals surface area (Å²) < 4.78 is 23.6. The Balaban J connectivity index is 2.07. The summed E-state index contributed by atoms with van der Waals surface area (Å²) in [6, 6.07) is 9.59. The first kappa shape index (κ1) is 13.5. The van der Waals surface area contributed by atoms with E-state index in [1.165, 1.54) is 12.1 Å². The molecule has 0 atom stereocenters. The van der Waals surface area contributed by atoms with E-state index in [1.54, 1.807) is 31.4 Å². The quantitative estimate of drug-likeness (QED) is 0.870. The molecule has 0 aliphatic carbocycles. The molecule has 2 N–H and O–H groups in total. The standard InChI is InChI=1S/C14H13ClFNO2/c1-18-10-3-5-14(13(17)7-10)19-8-9-2-4-12(16)11(15)6-9/h2-7H,8,17H2,1H3. The Bertz CT molecular complexity index is 590. The van der Waals surface area contributed by atoms with Crippen molar-refractivity contribution in [2.75, 3.05) is 12.8 Å². The van der Waals surface area contributed by atoms with Crippen LogP contribution in [0.5, 0.6) is 11.5 Å². The summed E-state index contributed by atoms with van der Waals surface area (Å²) in [4.78, 5) is 0. The van der Waals surface area contributed by atoms with Gasteiger partial charge in [-0.05, 0) is 29.8 Å². The lowest BCUT2D eigenvalue weighted by Crippen LogP contribution is -1.99. The molecule has 0 spiro atoms. The van der Waals surface area contributed by atoms with Crippen molar-refractivity contribution in [1.29, 1.82) is 0 Å². The lowest BCUT2D eigenvalue weighted by atomic mass is 10.2. The topological polar surface area (TPSA) is 44.5 Å². The van der Waals surface area contributed by atoms with Gasteiger partial charge in [-0.1, -0.05) is 17.7 Å². The van der Waals surface area contributed by atoms with Gasteiger partial charge >= 0.3 is 0 Å². The summed E-state index contributed by atoms with van der Waals surface area (Å²) in [5.41, 5.74) is 7.07. The van der Waals surface area contributed by atoms with Crippen LogP contribution >= 0.6 is 11.6 Å². The van der Waals surface area contributed by atoms with Crippen LogP contribution in [0.25, 0.3) is 0 Å². The normalized spacial score (nSPS) is 10.3. The molecule has 0 radical (unpaired) electrons. The molecule has 5 heteroatoms. The second-order valence-electron chi connectivity index (χ2n) is 3.94. The number of methoxy groups -OCH3 is 1. The number of anilines is 1. The maximum Gasteiger partial charge on any atom is 0.142 e. The van der Waals surface area contributed by atoms with Crippen LogP contribution in [0, 0.1) is 5.82 Å². The molecule has 0 saturated carbocycles. The zero-order valence-corrected chi connectivity index (χ0v) is 11.1. The molecule has 19 heavy (non-hydrogen) atoms. The zero-order chi connectivity index (χ0) is 13.8. The molecule has 0 amide bonds. The van der Waals surface area contributed by atoms with Crippen LogP contribution in [-0.2, 0) is 6.61 Å². The van der Waals surface area contributed by atoms with Gasteiger partial charge in [-0.15, -0.1) is 0 Å². The molecule has 0 heterocycles.